The highest BCUT2D eigenvalue weighted by atomic mass is 32.2. The third-order valence-electron chi connectivity index (χ3n) is 3.26. The molecule has 1 heterocycles. The number of pyridine rings is 1. The highest BCUT2D eigenvalue weighted by Crippen LogP contribution is 2.30. The number of aromatic nitrogens is 1. The van der Waals surface area contributed by atoms with Gasteiger partial charge in [-0.1, -0.05) is 66.7 Å². The van der Waals surface area contributed by atoms with E-state index in [2.05, 4.69) is 4.98 Å². The molecule has 3 heteroatoms. The Morgan fingerprint density at radius 1 is 0.714 bits per heavy atom. The van der Waals surface area contributed by atoms with E-state index >= 15 is 0 Å². The van der Waals surface area contributed by atoms with Crippen molar-refractivity contribution in [3.05, 3.63) is 96.2 Å². The zero-order valence-corrected chi connectivity index (χ0v) is 12.2. The van der Waals surface area contributed by atoms with Crippen LogP contribution >= 0.6 is 0 Å². The molecular formula is C18H15NOS. The van der Waals surface area contributed by atoms with Gasteiger partial charge in [0.1, 0.15) is 5.03 Å². The molecule has 0 aliphatic heterocycles. The lowest BCUT2D eigenvalue weighted by molar-refractivity contribution is 0.675. The predicted molar refractivity (Wildman–Crippen MR) is 85.4 cm³/mol. The number of nitrogens with zero attached hydrogens (tertiary/aromatic N) is 1. The zero-order chi connectivity index (χ0) is 14.5. The lowest BCUT2D eigenvalue weighted by Gasteiger charge is -2.17. The number of hydrogen-bond donors (Lipinski definition) is 0. The van der Waals surface area contributed by atoms with Crippen LogP contribution in [0.15, 0.2) is 90.1 Å². The summed E-state index contributed by atoms with van der Waals surface area (Å²) in [4.78, 5) is 4.25. The molecule has 0 aliphatic carbocycles. The Balaban J connectivity index is 2.07. The molecule has 1 unspecified atom stereocenters. The molecule has 3 rings (SSSR count). The lowest BCUT2D eigenvalue weighted by Crippen LogP contribution is -2.10. The first-order chi connectivity index (χ1) is 10.4. The summed E-state index contributed by atoms with van der Waals surface area (Å²) in [7, 11) is -1.23. The van der Waals surface area contributed by atoms with Gasteiger partial charge in [-0.2, -0.15) is 0 Å². The summed E-state index contributed by atoms with van der Waals surface area (Å²) < 4.78 is 13.0. The van der Waals surface area contributed by atoms with Gasteiger partial charge in [-0.05, 0) is 23.3 Å². The van der Waals surface area contributed by atoms with Crippen molar-refractivity contribution in [3.8, 4) is 0 Å². The third-order valence-corrected chi connectivity index (χ3v) is 4.89. The molecule has 0 fully saturated rings. The maximum Gasteiger partial charge on any atom is 0.128 e. The third kappa shape index (κ3) is 3.09. The van der Waals surface area contributed by atoms with E-state index in [1.54, 1.807) is 6.20 Å². The molecule has 0 amide bonds. The van der Waals surface area contributed by atoms with Gasteiger partial charge in [0.2, 0.25) is 0 Å². The van der Waals surface area contributed by atoms with Crippen LogP contribution in [-0.4, -0.2) is 9.19 Å². The van der Waals surface area contributed by atoms with E-state index in [-0.39, 0.29) is 5.25 Å². The van der Waals surface area contributed by atoms with Crippen molar-refractivity contribution in [3.63, 3.8) is 0 Å². The molecule has 21 heavy (non-hydrogen) atoms. The quantitative estimate of drug-likeness (QED) is 0.728. The Hall–Kier alpha value is -2.26. The monoisotopic (exact) mass is 293 g/mol. The maximum atomic E-state index is 13.0. The average molecular weight is 293 g/mol. The van der Waals surface area contributed by atoms with Gasteiger partial charge in [0.05, 0.1) is 16.0 Å². The highest BCUT2D eigenvalue weighted by Gasteiger charge is 2.23. The van der Waals surface area contributed by atoms with E-state index < -0.39 is 10.8 Å². The summed E-state index contributed by atoms with van der Waals surface area (Å²) in [6.07, 6.45) is 1.68. The van der Waals surface area contributed by atoms with Gasteiger partial charge in [0, 0.05) is 6.20 Å². The SMILES string of the molecule is O=S(c1ccccn1)C(c1ccccc1)c1ccccc1. The van der Waals surface area contributed by atoms with Gasteiger partial charge < -0.3 is 0 Å². The Morgan fingerprint density at radius 2 is 1.24 bits per heavy atom. The molecular weight excluding hydrogens is 278 g/mol. The van der Waals surface area contributed by atoms with Crippen molar-refractivity contribution in [2.75, 3.05) is 0 Å². The van der Waals surface area contributed by atoms with Crippen molar-refractivity contribution >= 4 is 10.8 Å². The van der Waals surface area contributed by atoms with E-state index in [9.17, 15) is 4.21 Å². The minimum absolute atomic E-state index is 0.206. The van der Waals surface area contributed by atoms with E-state index in [1.807, 2.05) is 78.9 Å². The highest BCUT2D eigenvalue weighted by molar-refractivity contribution is 7.85. The minimum atomic E-state index is -1.23. The van der Waals surface area contributed by atoms with E-state index in [1.165, 1.54) is 0 Å². The zero-order valence-electron chi connectivity index (χ0n) is 11.4. The van der Waals surface area contributed by atoms with Gasteiger partial charge in [-0.15, -0.1) is 0 Å². The summed E-state index contributed by atoms with van der Waals surface area (Å²) in [5.41, 5.74) is 2.07. The second kappa shape index (κ2) is 6.46. The fourth-order valence-electron chi connectivity index (χ4n) is 2.28. The van der Waals surface area contributed by atoms with Crippen LogP contribution in [-0.2, 0) is 10.8 Å². The van der Waals surface area contributed by atoms with Gasteiger partial charge in [-0.3, -0.25) is 4.21 Å². The van der Waals surface area contributed by atoms with Gasteiger partial charge in [0.25, 0.3) is 0 Å². The first kappa shape index (κ1) is 13.7. The lowest BCUT2D eigenvalue weighted by atomic mass is 10.0. The van der Waals surface area contributed by atoms with Crippen molar-refractivity contribution in [2.45, 2.75) is 10.3 Å². The first-order valence-electron chi connectivity index (χ1n) is 6.78. The first-order valence-corrected chi connectivity index (χ1v) is 7.99. The number of hydrogen-bond acceptors (Lipinski definition) is 2. The van der Waals surface area contributed by atoms with Crippen molar-refractivity contribution in [1.82, 2.24) is 4.98 Å². The Labute approximate surface area is 127 Å². The number of rotatable bonds is 4. The van der Waals surface area contributed by atoms with Crippen LogP contribution in [0.4, 0.5) is 0 Å². The summed E-state index contributed by atoms with van der Waals surface area (Å²) >= 11 is 0. The molecule has 1 atom stereocenters. The molecule has 0 N–H and O–H groups in total. The number of benzene rings is 2. The van der Waals surface area contributed by atoms with Crippen LogP contribution < -0.4 is 0 Å². The normalized spacial score (nSPS) is 12.2. The van der Waals surface area contributed by atoms with E-state index in [4.69, 9.17) is 0 Å². The van der Waals surface area contributed by atoms with Gasteiger partial charge in [0.15, 0.2) is 0 Å². The molecule has 2 aromatic carbocycles. The molecule has 2 nitrogen and oxygen atoms in total. The van der Waals surface area contributed by atoms with E-state index in [0.717, 1.165) is 11.1 Å². The molecule has 0 saturated heterocycles. The fourth-order valence-corrected chi connectivity index (χ4v) is 3.71. The van der Waals surface area contributed by atoms with Gasteiger partial charge in [-0.25, -0.2) is 4.98 Å². The standard InChI is InChI=1S/C18H15NOS/c20-21(17-13-7-8-14-19-17)18(15-9-3-1-4-10-15)16-11-5-2-6-12-16/h1-14,18H. The predicted octanol–water partition coefficient (Wildman–Crippen LogP) is 3.98. The van der Waals surface area contributed by atoms with Crippen molar-refractivity contribution in [2.24, 2.45) is 0 Å². The molecule has 1 aromatic heterocycles. The second-order valence-corrected chi connectivity index (χ2v) is 6.15. The second-order valence-electron chi connectivity index (χ2n) is 4.67. The summed E-state index contributed by atoms with van der Waals surface area (Å²) in [6.45, 7) is 0. The topological polar surface area (TPSA) is 30.0 Å². The Kier molecular flexibility index (Phi) is 4.22. The van der Waals surface area contributed by atoms with Crippen LogP contribution in [0.1, 0.15) is 16.4 Å². The summed E-state index contributed by atoms with van der Waals surface area (Å²) in [6, 6.07) is 25.4. The molecule has 0 spiro atoms. The van der Waals surface area contributed by atoms with E-state index in [0.29, 0.717) is 5.03 Å². The van der Waals surface area contributed by atoms with Crippen LogP contribution in [0, 0.1) is 0 Å². The van der Waals surface area contributed by atoms with Crippen LogP contribution in [0.5, 0.6) is 0 Å². The molecule has 3 aromatic rings. The van der Waals surface area contributed by atoms with Crippen LogP contribution in [0.25, 0.3) is 0 Å². The largest absolute Gasteiger partial charge is 0.252 e. The Bertz CT molecular complexity index is 674. The molecule has 0 aliphatic rings. The summed E-state index contributed by atoms with van der Waals surface area (Å²) in [5.74, 6) is 0. The minimum Gasteiger partial charge on any atom is -0.252 e. The van der Waals surface area contributed by atoms with Gasteiger partial charge >= 0.3 is 0 Å². The fraction of sp³-hybridized carbons (Fsp3) is 0.0556. The molecule has 0 bridgehead atoms. The maximum absolute atomic E-state index is 13.0. The smallest absolute Gasteiger partial charge is 0.128 e. The summed E-state index contributed by atoms with van der Waals surface area (Å²) in [5, 5.41) is 0.400. The van der Waals surface area contributed by atoms with Crippen LogP contribution in [0.3, 0.4) is 0 Å². The average Bonchev–Trinajstić information content (AvgIpc) is 2.58. The molecule has 0 saturated carbocycles. The van der Waals surface area contributed by atoms with Crippen molar-refractivity contribution < 1.29 is 4.21 Å². The Morgan fingerprint density at radius 3 is 1.71 bits per heavy atom. The molecule has 0 radical (unpaired) electrons. The van der Waals surface area contributed by atoms with Crippen molar-refractivity contribution in [1.29, 1.82) is 0 Å². The van der Waals surface area contributed by atoms with Crippen LogP contribution in [0.2, 0.25) is 0 Å². The molecule has 104 valence electrons.